The number of thiazole rings is 2. The van der Waals surface area contributed by atoms with Gasteiger partial charge in [0.2, 0.25) is 5.91 Å². The molecule has 0 aromatic carbocycles. The SMILES string of the molecule is CCSc1nc(CC(=O)NCc2sc(C)nc2CC)cs1. The molecule has 0 spiro atoms. The Balaban J connectivity index is 1.86. The molecule has 4 nitrogen and oxygen atoms in total. The summed E-state index contributed by atoms with van der Waals surface area (Å²) in [7, 11) is 0. The summed E-state index contributed by atoms with van der Waals surface area (Å²) in [5.41, 5.74) is 1.94. The number of nitrogens with one attached hydrogen (secondary N) is 1. The molecule has 0 aliphatic rings. The van der Waals surface area contributed by atoms with E-state index >= 15 is 0 Å². The number of nitrogens with zero attached hydrogens (tertiary/aromatic N) is 2. The third-order valence-electron chi connectivity index (χ3n) is 2.81. The summed E-state index contributed by atoms with van der Waals surface area (Å²) >= 11 is 4.97. The highest BCUT2D eigenvalue weighted by Gasteiger charge is 2.11. The maximum absolute atomic E-state index is 12.0. The zero-order chi connectivity index (χ0) is 15.2. The molecule has 7 heteroatoms. The molecule has 2 heterocycles. The lowest BCUT2D eigenvalue weighted by molar-refractivity contribution is -0.120. The van der Waals surface area contributed by atoms with Crippen LogP contribution in [0.15, 0.2) is 9.72 Å². The number of carbonyl (C=O) groups excluding carboxylic acids is 1. The lowest BCUT2D eigenvalue weighted by Gasteiger charge is -2.03. The zero-order valence-corrected chi connectivity index (χ0v) is 14.9. The van der Waals surface area contributed by atoms with Gasteiger partial charge in [0.15, 0.2) is 0 Å². The maximum Gasteiger partial charge on any atom is 0.226 e. The Labute approximate surface area is 137 Å². The normalized spacial score (nSPS) is 10.8. The van der Waals surface area contributed by atoms with Crippen molar-refractivity contribution in [3.8, 4) is 0 Å². The van der Waals surface area contributed by atoms with E-state index in [0.29, 0.717) is 13.0 Å². The molecular formula is C14H19N3OS3. The van der Waals surface area contributed by atoms with E-state index in [-0.39, 0.29) is 5.91 Å². The Morgan fingerprint density at radius 1 is 1.38 bits per heavy atom. The number of hydrogen-bond donors (Lipinski definition) is 1. The van der Waals surface area contributed by atoms with Crippen molar-refractivity contribution in [2.24, 2.45) is 0 Å². The van der Waals surface area contributed by atoms with Gasteiger partial charge in [-0.05, 0) is 19.1 Å². The molecule has 21 heavy (non-hydrogen) atoms. The largest absolute Gasteiger partial charge is 0.351 e. The van der Waals surface area contributed by atoms with Gasteiger partial charge in [0, 0.05) is 10.3 Å². The number of rotatable bonds is 7. The fourth-order valence-corrected chi connectivity index (χ4v) is 4.60. The quantitative estimate of drug-likeness (QED) is 0.784. The Bertz CT molecular complexity index is 606. The van der Waals surface area contributed by atoms with E-state index in [1.165, 1.54) is 0 Å². The first kappa shape index (κ1) is 16.5. The van der Waals surface area contributed by atoms with E-state index in [9.17, 15) is 4.79 Å². The van der Waals surface area contributed by atoms with Crippen LogP contribution in [0.4, 0.5) is 0 Å². The summed E-state index contributed by atoms with van der Waals surface area (Å²) in [5.74, 6) is 1.02. The van der Waals surface area contributed by atoms with Crippen molar-refractivity contribution in [1.82, 2.24) is 15.3 Å². The Hall–Kier alpha value is -0.920. The van der Waals surface area contributed by atoms with Crippen LogP contribution >= 0.6 is 34.4 Å². The fraction of sp³-hybridized carbons (Fsp3) is 0.500. The van der Waals surface area contributed by atoms with Crippen LogP contribution in [-0.2, 0) is 24.2 Å². The van der Waals surface area contributed by atoms with Crippen LogP contribution in [0.1, 0.15) is 35.1 Å². The topological polar surface area (TPSA) is 54.9 Å². The van der Waals surface area contributed by atoms with Gasteiger partial charge < -0.3 is 5.32 Å². The van der Waals surface area contributed by atoms with Crippen LogP contribution in [-0.4, -0.2) is 21.6 Å². The highest BCUT2D eigenvalue weighted by Crippen LogP contribution is 2.22. The van der Waals surface area contributed by atoms with E-state index < -0.39 is 0 Å². The molecule has 1 amide bonds. The molecule has 0 bridgehead atoms. The van der Waals surface area contributed by atoms with Crippen molar-refractivity contribution in [3.63, 3.8) is 0 Å². The van der Waals surface area contributed by atoms with Crippen LogP contribution in [0.5, 0.6) is 0 Å². The van der Waals surface area contributed by atoms with Gasteiger partial charge >= 0.3 is 0 Å². The average molecular weight is 342 g/mol. The Kier molecular flexibility index (Phi) is 6.20. The van der Waals surface area contributed by atoms with Crippen molar-refractivity contribution in [3.05, 3.63) is 26.7 Å². The second kappa shape index (κ2) is 7.91. The molecule has 0 radical (unpaired) electrons. The molecule has 1 N–H and O–H groups in total. The second-order valence-electron chi connectivity index (χ2n) is 4.45. The minimum absolute atomic E-state index is 0.0152. The molecule has 0 unspecified atom stereocenters. The Morgan fingerprint density at radius 3 is 2.90 bits per heavy atom. The van der Waals surface area contributed by atoms with Gasteiger partial charge in [-0.1, -0.05) is 25.6 Å². The van der Waals surface area contributed by atoms with Gasteiger partial charge in [0.25, 0.3) is 0 Å². The van der Waals surface area contributed by atoms with Gasteiger partial charge in [-0.25, -0.2) is 9.97 Å². The van der Waals surface area contributed by atoms with Crippen molar-refractivity contribution in [2.75, 3.05) is 5.75 Å². The molecule has 0 saturated heterocycles. The minimum atomic E-state index is 0.0152. The third kappa shape index (κ3) is 4.79. The molecule has 0 fully saturated rings. The highest BCUT2D eigenvalue weighted by atomic mass is 32.2. The summed E-state index contributed by atoms with van der Waals surface area (Å²) < 4.78 is 1.03. The molecule has 0 aliphatic carbocycles. The molecule has 114 valence electrons. The molecule has 0 atom stereocenters. The summed E-state index contributed by atoms with van der Waals surface area (Å²) in [5, 5.41) is 5.98. The lowest BCUT2D eigenvalue weighted by atomic mass is 10.3. The van der Waals surface area contributed by atoms with E-state index in [0.717, 1.165) is 37.8 Å². The van der Waals surface area contributed by atoms with E-state index in [1.807, 2.05) is 12.3 Å². The molecule has 2 rings (SSSR count). The third-order valence-corrected chi connectivity index (χ3v) is 5.77. The predicted octanol–water partition coefficient (Wildman–Crippen LogP) is 3.44. The number of hydrogen-bond acceptors (Lipinski definition) is 6. The number of amides is 1. The van der Waals surface area contributed by atoms with Crippen LogP contribution < -0.4 is 5.32 Å². The van der Waals surface area contributed by atoms with Gasteiger partial charge in [-0.15, -0.1) is 22.7 Å². The van der Waals surface area contributed by atoms with Gasteiger partial charge in [0.1, 0.15) is 4.34 Å². The summed E-state index contributed by atoms with van der Waals surface area (Å²) in [6.45, 7) is 6.74. The molecular weight excluding hydrogens is 322 g/mol. The van der Waals surface area contributed by atoms with Gasteiger partial charge in [-0.3, -0.25) is 4.79 Å². The van der Waals surface area contributed by atoms with Crippen LogP contribution in [0.2, 0.25) is 0 Å². The van der Waals surface area contributed by atoms with Crippen molar-refractivity contribution in [1.29, 1.82) is 0 Å². The number of aromatic nitrogens is 2. The predicted molar refractivity (Wildman–Crippen MR) is 90.3 cm³/mol. The number of aryl methyl sites for hydroxylation is 2. The van der Waals surface area contributed by atoms with Crippen molar-refractivity contribution in [2.45, 2.75) is 44.5 Å². The van der Waals surface area contributed by atoms with Crippen LogP contribution in [0.3, 0.4) is 0 Å². The zero-order valence-electron chi connectivity index (χ0n) is 12.4. The highest BCUT2D eigenvalue weighted by molar-refractivity contribution is 8.00. The first-order chi connectivity index (χ1) is 10.1. The maximum atomic E-state index is 12.0. The molecule has 0 saturated carbocycles. The van der Waals surface area contributed by atoms with Crippen molar-refractivity contribution >= 4 is 40.3 Å². The van der Waals surface area contributed by atoms with Gasteiger partial charge in [-0.2, -0.15) is 0 Å². The summed E-state index contributed by atoms with van der Waals surface area (Å²) in [6.07, 6.45) is 1.25. The summed E-state index contributed by atoms with van der Waals surface area (Å²) in [4.78, 5) is 22.1. The van der Waals surface area contributed by atoms with E-state index in [1.54, 1.807) is 34.4 Å². The molecule has 0 aliphatic heterocycles. The van der Waals surface area contributed by atoms with Crippen molar-refractivity contribution < 1.29 is 4.79 Å². The number of carbonyl (C=O) groups is 1. The van der Waals surface area contributed by atoms with E-state index in [4.69, 9.17) is 0 Å². The minimum Gasteiger partial charge on any atom is -0.351 e. The van der Waals surface area contributed by atoms with Crippen LogP contribution in [0, 0.1) is 6.92 Å². The monoisotopic (exact) mass is 341 g/mol. The lowest BCUT2D eigenvalue weighted by Crippen LogP contribution is -2.24. The Morgan fingerprint density at radius 2 is 2.19 bits per heavy atom. The molecule has 2 aromatic heterocycles. The molecule has 2 aromatic rings. The standard InChI is InChI=1S/C14H19N3OS3/c1-4-11-12(21-9(3)16-11)7-15-13(18)6-10-8-20-14(17-10)19-5-2/h8H,4-7H2,1-3H3,(H,15,18). The first-order valence-corrected chi connectivity index (χ1v) is 9.59. The van der Waals surface area contributed by atoms with Crippen LogP contribution in [0.25, 0.3) is 0 Å². The van der Waals surface area contributed by atoms with E-state index in [2.05, 4.69) is 29.1 Å². The second-order valence-corrected chi connectivity index (χ2v) is 8.10. The fourth-order valence-electron chi connectivity index (χ4n) is 1.89. The van der Waals surface area contributed by atoms with Gasteiger partial charge in [0.05, 0.1) is 29.4 Å². The average Bonchev–Trinajstić information content (AvgIpc) is 3.03. The smallest absolute Gasteiger partial charge is 0.226 e. The first-order valence-electron chi connectivity index (χ1n) is 6.91. The summed E-state index contributed by atoms with van der Waals surface area (Å²) in [6, 6.07) is 0. The number of thioether (sulfide) groups is 1.